The second kappa shape index (κ2) is 7.46. The molecular formula is C33H25N. The highest BCUT2D eigenvalue weighted by molar-refractivity contribution is 6.25. The topological polar surface area (TPSA) is 12.0 Å². The van der Waals surface area contributed by atoms with Crippen LogP contribution in [0, 0.1) is 0 Å². The molecule has 1 aliphatic rings. The minimum atomic E-state index is 0.289. The molecule has 2 unspecified atom stereocenters. The van der Waals surface area contributed by atoms with E-state index < -0.39 is 0 Å². The first-order valence-corrected chi connectivity index (χ1v) is 12.1. The van der Waals surface area contributed by atoms with E-state index in [1.54, 1.807) is 0 Å². The van der Waals surface area contributed by atoms with E-state index in [4.69, 9.17) is 0 Å². The van der Waals surface area contributed by atoms with Crippen LogP contribution in [-0.2, 0) is 0 Å². The van der Waals surface area contributed by atoms with Crippen LogP contribution in [0.3, 0.4) is 0 Å². The van der Waals surface area contributed by atoms with Gasteiger partial charge in [0.15, 0.2) is 0 Å². The Kier molecular flexibility index (Phi) is 4.25. The maximum Gasteiger partial charge on any atom is 0.0468 e. The molecule has 0 saturated heterocycles. The molecule has 0 fully saturated rings. The van der Waals surface area contributed by atoms with Crippen molar-refractivity contribution < 1.29 is 0 Å². The zero-order chi connectivity index (χ0) is 22.6. The van der Waals surface area contributed by atoms with Crippen molar-refractivity contribution >= 4 is 43.6 Å². The molecule has 2 atom stereocenters. The van der Waals surface area contributed by atoms with E-state index in [-0.39, 0.29) is 5.92 Å². The summed E-state index contributed by atoms with van der Waals surface area (Å²) < 4.78 is 0. The van der Waals surface area contributed by atoms with Gasteiger partial charge in [0.2, 0.25) is 0 Å². The van der Waals surface area contributed by atoms with Crippen LogP contribution in [0.5, 0.6) is 0 Å². The van der Waals surface area contributed by atoms with Crippen molar-refractivity contribution in [3.05, 3.63) is 132 Å². The molecular weight excluding hydrogens is 410 g/mol. The minimum Gasteiger partial charge on any atom is -0.381 e. The van der Waals surface area contributed by atoms with Crippen molar-refractivity contribution in [2.45, 2.75) is 18.9 Å². The van der Waals surface area contributed by atoms with Crippen LogP contribution in [-0.4, -0.2) is 6.04 Å². The van der Waals surface area contributed by atoms with Crippen LogP contribution in [0.25, 0.3) is 43.6 Å². The van der Waals surface area contributed by atoms with E-state index in [0.717, 1.165) is 0 Å². The quantitative estimate of drug-likeness (QED) is 0.276. The molecule has 7 rings (SSSR count). The van der Waals surface area contributed by atoms with Gasteiger partial charge in [-0.3, -0.25) is 0 Å². The van der Waals surface area contributed by atoms with Gasteiger partial charge < -0.3 is 5.32 Å². The zero-order valence-corrected chi connectivity index (χ0v) is 19.1. The summed E-state index contributed by atoms with van der Waals surface area (Å²) in [4.78, 5) is 0. The van der Waals surface area contributed by atoms with E-state index in [0.29, 0.717) is 6.04 Å². The Hall–Kier alpha value is -4.10. The summed E-state index contributed by atoms with van der Waals surface area (Å²) >= 11 is 0. The maximum atomic E-state index is 3.92. The van der Waals surface area contributed by atoms with Crippen LogP contribution in [0.15, 0.2) is 115 Å². The van der Waals surface area contributed by atoms with Gasteiger partial charge in [-0.2, -0.15) is 0 Å². The lowest BCUT2D eigenvalue weighted by Gasteiger charge is -2.20. The van der Waals surface area contributed by atoms with Crippen LogP contribution < -0.4 is 5.32 Å². The van der Waals surface area contributed by atoms with Crippen LogP contribution in [0.1, 0.15) is 29.5 Å². The highest BCUT2D eigenvalue weighted by Crippen LogP contribution is 2.47. The summed E-state index contributed by atoms with van der Waals surface area (Å²) in [6, 6.07) is 42.4. The average Bonchev–Trinajstić information content (AvgIpc) is 3.25. The van der Waals surface area contributed by atoms with Gasteiger partial charge in [0.05, 0.1) is 0 Å². The summed E-state index contributed by atoms with van der Waals surface area (Å²) in [6.45, 7) is 2.31. The van der Waals surface area contributed by atoms with Crippen molar-refractivity contribution in [1.29, 1.82) is 0 Å². The Labute approximate surface area is 199 Å². The fraction of sp³-hybridized carbons (Fsp3) is 0.0909. The van der Waals surface area contributed by atoms with Gasteiger partial charge in [-0.25, -0.2) is 0 Å². The molecule has 1 N–H and O–H groups in total. The molecule has 6 aromatic rings. The maximum absolute atomic E-state index is 3.92. The summed E-state index contributed by atoms with van der Waals surface area (Å²) in [5.41, 5.74) is 6.57. The van der Waals surface area contributed by atoms with Gasteiger partial charge in [0.1, 0.15) is 0 Å². The Morgan fingerprint density at radius 1 is 0.559 bits per heavy atom. The van der Waals surface area contributed by atoms with Gasteiger partial charge in [-0.1, -0.05) is 115 Å². The molecule has 0 saturated carbocycles. The van der Waals surface area contributed by atoms with E-state index in [2.05, 4.69) is 128 Å². The predicted octanol–water partition coefficient (Wildman–Crippen LogP) is 8.23. The number of hydrogen-bond acceptors (Lipinski definition) is 1. The lowest BCUT2D eigenvalue weighted by molar-refractivity contribution is 0.633. The van der Waals surface area contributed by atoms with Crippen molar-refractivity contribution in [1.82, 2.24) is 5.32 Å². The predicted molar refractivity (Wildman–Crippen MR) is 145 cm³/mol. The first-order valence-electron chi connectivity index (χ1n) is 12.1. The Morgan fingerprint density at radius 3 is 1.91 bits per heavy atom. The largest absolute Gasteiger partial charge is 0.381 e. The molecule has 34 heavy (non-hydrogen) atoms. The second-order valence-corrected chi connectivity index (χ2v) is 9.45. The fourth-order valence-corrected chi connectivity index (χ4v) is 6.03. The van der Waals surface area contributed by atoms with E-state index in [1.165, 1.54) is 60.3 Å². The third-order valence-corrected chi connectivity index (χ3v) is 7.49. The molecule has 0 spiro atoms. The van der Waals surface area contributed by atoms with Crippen molar-refractivity contribution in [3.8, 4) is 0 Å². The van der Waals surface area contributed by atoms with Crippen LogP contribution in [0.2, 0.25) is 0 Å². The van der Waals surface area contributed by atoms with Gasteiger partial charge in [0.25, 0.3) is 0 Å². The number of nitrogens with one attached hydrogen (secondary N) is 1. The van der Waals surface area contributed by atoms with E-state index in [1.807, 2.05) is 0 Å². The summed E-state index contributed by atoms with van der Waals surface area (Å²) in [5.74, 6) is 0.289. The molecule has 0 aromatic heterocycles. The van der Waals surface area contributed by atoms with Gasteiger partial charge in [-0.05, 0) is 55.9 Å². The number of hydrogen-bond donors (Lipinski definition) is 1. The summed E-state index contributed by atoms with van der Waals surface area (Å²) in [7, 11) is 0. The number of rotatable bonds is 3. The normalized spacial score (nSPS) is 18.3. The molecule has 1 heterocycles. The molecule has 1 aliphatic heterocycles. The smallest absolute Gasteiger partial charge is 0.0468 e. The average molecular weight is 436 g/mol. The van der Waals surface area contributed by atoms with E-state index in [9.17, 15) is 0 Å². The standard InChI is InChI=1S/C33H25N/c1-21-29(22-9-4-2-5-10-22)32(23-11-6-3-7-12-23)33(34-21)28-20-18-26-16-15-24-13-8-14-25-17-19-27(28)31(26)30(24)25/h2-21,29,34H,1H3. The van der Waals surface area contributed by atoms with Gasteiger partial charge >= 0.3 is 0 Å². The molecule has 0 bridgehead atoms. The minimum absolute atomic E-state index is 0.289. The summed E-state index contributed by atoms with van der Waals surface area (Å²) in [5, 5.41) is 11.9. The SMILES string of the molecule is CC1NC(c2ccc3ccc4cccc5ccc2c3c45)=C(c2ccccc2)C1c1ccccc1. The van der Waals surface area contributed by atoms with Gasteiger partial charge in [0, 0.05) is 23.2 Å². The van der Waals surface area contributed by atoms with Crippen molar-refractivity contribution in [2.24, 2.45) is 0 Å². The van der Waals surface area contributed by atoms with Crippen LogP contribution in [0.4, 0.5) is 0 Å². The third-order valence-electron chi connectivity index (χ3n) is 7.49. The zero-order valence-electron chi connectivity index (χ0n) is 19.1. The molecule has 0 aliphatic carbocycles. The van der Waals surface area contributed by atoms with Gasteiger partial charge in [-0.15, -0.1) is 0 Å². The third kappa shape index (κ3) is 2.80. The van der Waals surface area contributed by atoms with Crippen molar-refractivity contribution in [2.75, 3.05) is 0 Å². The van der Waals surface area contributed by atoms with E-state index >= 15 is 0 Å². The molecule has 0 radical (unpaired) electrons. The van der Waals surface area contributed by atoms with Crippen molar-refractivity contribution in [3.63, 3.8) is 0 Å². The van der Waals surface area contributed by atoms with Crippen LogP contribution >= 0.6 is 0 Å². The fourth-order valence-electron chi connectivity index (χ4n) is 6.03. The monoisotopic (exact) mass is 435 g/mol. The number of benzene rings is 6. The molecule has 0 amide bonds. The highest BCUT2D eigenvalue weighted by atomic mass is 15.0. The summed E-state index contributed by atoms with van der Waals surface area (Å²) in [6.07, 6.45) is 0. The Morgan fingerprint density at radius 2 is 1.18 bits per heavy atom. The molecule has 1 nitrogen and oxygen atoms in total. The highest BCUT2D eigenvalue weighted by Gasteiger charge is 2.34. The lowest BCUT2D eigenvalue weighted by atomic mass is 9.83. The lowest BCUT2D eigenvalue weighted by Crippen LogP contribution is -2.23. The second-order valence-electron chi connectivity index (χ2n) is 9.45. The molecule has 1 heteroatoms. The first kappa shape index (κ1) is 19.4. The first-order chi connectivity index (χ1) is 16.8. The Balaban J connectivity index is 1.56. The molecule has 6 aromatic carbocycles. The Bertz CT molecular complexity index is 1660. The molecule has 162 valence electrons.